The summed E-state index contributed by atoms with van der Waals surface area (Å²) in [5.41, 5.74) is 0.423. The molecule has 3 rings (SSSR count). The zero-order valence-electron chi connectivity index (χ0n) is 13.5. The Morgan fingerprint density at radius 3 is 2.46 bits per heavy atom. The van der Waals surface area contributed by atoms with Crippen LogP contribution in [0.15, 0.2) is 42.5 Å². The van der Waals surface area contributed by atoms with Gasteiger partial charge in [-0.05, 0) is 58.2 Å². The molecule has 0 aliphatic heterocycles. The summed E-state index contributed by atoms with van der Waals surface area (Å²) >= 11 is 2.12. The van der Waals surface area contributed by atoms with Crippen molar-refractivity contribution in [2.45, 2.75) is 25.7 Å². The van der Waals surface area contributed by atoms with Gasteiger partial charge in [-0.1, -0.05) is 32.0 Å². The van der Waals surface area contributed by atoms with Gasteiger partial charge in [0.25, 0.3) is 5.91 Å². The number of rotatable bonds is 4. The largest absolute Gasteiger partial charge is 0.351 e. The molecule has 0 radical (unpaired) electrons. The average Bonchev–Trinajstić information content (AvgIpc) is 3.07. The highest BCUT2D eigenvalue weighted by Crippen LogP contribution is 2.64. The summed E-state index contributed by atoms with van der Waals surface area (Å²) in [6, 6.07) is 11.0. The van der Waals surface area contributed by atoms with Crippen molar-refractivity contribution in [3.8, 4) is 0 Å². The van der Waals surface area contributed by atoms with E-state index in [1.165, 1.54) is 12.1 Å². The summed E-state index contributed by atoms with van der Waals surface area (Å²) in [5, 5.41) is 2.93. The molecule has 2 nitrogen and oxygen atoms in total. The molecule has 2 aromatic carbocycles. The Bertz CT molecular complexity index is 806. The molecule has 1 aliphatic rings. The Hall–Kier alpha value is -1.50. The quantitative estimate of drug-likeness (QED) is 0.687. The smallest absolute Gasteiger partial charge is 0.252 e. The van der Waals surface area contributed by atoms with Gasteiger partial charge >= 0.3 is 0 Å². The molecule has 1 atom stereocenters. The maximum atomic E-state index is 14.3. The fourth-order valence-electron chi connectivity index (χ4n) is 3.42. The molecule has 5 heteroatoms. The third-order valence-corrected chi connectivity index (χ3v) is 5.97. The predicted molar refractivity (Wildman–Crippen MR) is 97.9 cm³/mol. The lowest BCUT2D eigenvalue weighted by atomic mass is 9.87. The topological polar surface area (TPSA) is 29.1 Å². The van der Waals surface area contributed by atoms with Crippen LogP contribution >= 0.6 is 22.6 Å². The van der Waals surface area contributed by atoms with Crippen molar-refractivity contribution in [3.63, 3.8) is 0 Å². The van der Waals surface area contributed by atoms with E-state index in [0.717, 1.165) is 16.1 Å². The van der Waals surface area contributed by atoms with Crippen molar-refractivity contribution in [2.24, 2.45) is 5.41 Å². The Morgan fingerprint density at radius 2 is 1.88 bits per heavy atom. The molecule has 0 aromatic heterocycles. The fraction of sp³-hybridized carbons (Fsp3) is 0.316. The van der Waals surface area contributed by atoms with Crippen molar-refractivity contribution >= 4 is 28.5 Å². The highest BCUT2D eigenvalue weighted by Gasteiger charge is 2.62. The first-order chi connectivity index (χ1) is 11.3. The van der Waals surface area contributed by atoms with Crippen molar-refractivity contribution < 1.29 is 13.6 Å². The minimum Gasteiger partial charge on any atom is -0.351 e. The van der Waals surface area contributed by atoms with Crippen LogP contribution in [-0.4, -0.2) is 12.5 Å². The van der Waals surface area contributed by atoms with Gasteiger partial charge in [-0.15, -0.1) is 0 Å². The second kappa shape index (κ2) is 6.10. The van der Waals surface area contributed by atoms with Gasteiger partial charge < -0.3 is 5.32 Å². The molecular formula is C19H18F2INO. The van der Waals surface area contributed by atoms with Crippen molar-refractivity contribution in [3.05, 3.63) is 68.8 Å². The molecule has 126 valence electrons. The third kappa shape index (κ3) is 2.94. The number of halogens is 3. The Kier molecular flexibility index (Phi) is 4.40. The molecule has 24 heavy (non-hydrogen) atoms. The van der Waals surface area contributed by atoms with E-state index in [1.807, 2.05) is 32.0 Å². The van der Waals surface area contributed by atoms with E-state index in [2.05, 4.69) is 27.9 Å². The van der Waals surface area contributed by atoms with E-state index in [1.54, 1.807) is 6.07 Å². The van der Waals surface area contributed by atoms with Crippen LogP contribution in [-0.2, 0) is 5.41 Å². The first-order valence-electron chi connectivity index (χ1n) is 7.75. The molecule has 1 unspecified atom stereocenters. The lowest BCUT2D eigenvalue weighted by Crippen LogP contribution is -2.35. The number of carbonyl (C=O) groups excluding carboxylic acids is 1. The van der Waals surface area contributed by atoms with Crippen LogP contribution in [0, 0.1) is 20.6 Å². The standard InChI is InChI=1S/C19H18F2INO/c1-18(2)10-19(18,14-8-7-12(20)9-15(14)21)11-23-17(24)13-5-3-4-6-16(13)22/h3-9H,10-11H2,1-2H3,(H,23,24). The number of hydrogen-bond acceptors (Lipinski definition) is 1. The first-order valence-corrected chi connectivity index (χ1v) is 8.83. The van der Waals surface area contributed by atoms with Crippen LogP contribution in [0.3, 0.4) is 0 Å². The number of nitrogens with one attached hydrogen (secondary N) is 1. The molecule has 1 amide bonds. The summed E-state index contributed by atoms with van der Waals surface area (Å²) in [4.78, 5) is 12.5. The van der Waals surface area contributed by atoms with Crippen LogP contribution in [0.4, 0.5) is 8.78 Å². The number of benzene rings is 2. The maximum Gasteiger partial charge on any atom is 0.252 e. The van der Waals surface area contributed by atoms with Gasteiger partial charge in [0, 0.05) is 21.6 Å². The van der Waals surface area contributed by atoms with Crippen LogP contribution in [0.25, 0.3) is 0 Å². The number of carbonyl (C=O) groups is 1. The Balaban J connectivity index is 1.84. The normalized spacial score (nSPS) is 21.4. The average molecular weight is 441 g/mol. The van der Waals surface area contributed by atoms with Gasteiger partial charge in [-0.25, -0.2) is 8.78 Å². The van der Waals surface area contributed by atoms with Crippen molar-refractivity contribution in [1.29, 1.82) is 0 Å². The lowest BCUT2D eigenvalue weighted by molar-refractivity contribution is 0.0946. The number of hydrogen-bond donors (Lipinski definition) is 1. The molecule has 1 N–H and O–H groups in total. The van der Waals surface area contributed by atoms with E-state index >= 15 is 0 Å². The molecule has 2 aromatic rings. The van der Waals surface area contributed by atoms with Gasteiger partial charge in [0.15, 0.2) is 0 Å². The molecule has 0 bridgehead atoms. The monoisotopic (exact) mass is 441 g/mol. The van der Waals surface area contributed by atoms with Crippen molar-refractivity contribution in [1.82, 2.24) is 5.32 Å². The third-order valence-electron chi connectivity index (χ3n) is 5.03. The van der Waals surface area contributed by atoms with E-state index in [9.17, 15) is 13.6 Å². The summed E-state index contributed by atoms with van der Waals surface area (Å²) in [5.74, 6) is -1.32. The summed E-state index contributed by atoms with van der Waals surface area (Å²) in [6.45, 7) is 4.40. The molecule has 1 aliphatic carbocycles. The summed E-state index contributed by atoms with van der Waals surface area (Å²) in [6.07, 6.45) is 0.745. The highest BCUT2D eigenvalue weighted by atomic mass is 127. The predicted octanol–water partition coefficient (Wildman–Crippen LogP) is 4.67. The molecule has 1 saturated carbocycles. The zero-order chi connectivity index (χ0) is 17.5. The summed E-state index contributed by atoms with van der Waals surface area (Å²) in [7, 11) is 0. The van der Waals surface area contributed by atoms with E-state index in [0.29, 0.717) is 17.7 Å². The van der Waals surface area contributed by atoms with Crippen molar-refractivity contribution in [2.75, 3.05) is 6.54 Å². The van der Waals surface area contributed by atoms with Gasteiger partial charge in [0.1, 0.15) is 11.6 Å². The van der Waals surface area contributed by atoms with Gasteiger partial charge in [0.2, 0.25) is 0 Å². The first kappa shape index (κ1) is 17.3. The van der Waals surface area contributed by atoms with E-state index < -0.39 is 17.0 Å². The Labute approximate surface area is 153 Å². The number of amides is 1. The fourth-order valence-corrected chi connectivity index (χ4v) is 4.05. The molecular weight excluding hydrogens is 423 g/mol. The lowest BCUT2D eigenvalue weighted by Gasteiger charge is -2.22. The second-order valence-electron chi connectivity index (χ2n) is 6.93. The van der Waals surface area contributed by atoms with Gasteiger partial charge in [-0.2, -0.15) is 0 Å². The Morgan fingerprint density at radius 1 is 1.21 bits per heavy atom. The van der Waals surface area contributed by atoms with Gasteiger partial charge in [0.05, 0.1) is 5.56 Å². The zero-order valence-corrected chi connectivity index (χ0v) is 15.7. The van der Waals surface area contributed by atoms with E-state index in [4.69, 9.17) is 0 Å². The molecule has 0 heterocycles. The van der Waals surface area contributed by atoms with E-state index in [-0.39, 0.29) is 11.3 Å². The van der Waals surface area contributed by atoms with Gasteiger partial charge in [-0.3, -0.25) is 4.79 Å². The molecule has 1 fully saturated rings. The van der Waals surface area contributed by atoms with Crippen LogP contribution < -0.4 is 5.32 Å². The molecule has 0 saturated heterocycles. The van der Waals surface area contributed by atoms with Crippen LogP contribution in [0.5, 0.6) is 0 Å². The van der Waals surface area contributed by atoms with Crippen LogP contribution in [0.1, 0.15) is 36.2 Å². The minimum atomic E-state index is -0.590. The summed E-state index contributed by atoms with van der Waals surface area (Å²) < 4.78 is 28.4. The second-order valence-corrected chi connectivity index (χ2v) is 8.09. The SMILES string of the molecule is CC1(C)CC1(CNC(=O)c1ccccc1I)c1ccc(F)cc1F. The minimum absolute atomic E-state index is 0.150. The maximum absolute atomic E-state index is 14.3. The highest BCUT2D eigenvalue weighted by molar-refractivity contribution is 14.1. The molecule has 0 spiro atoms. The van der Waals surface area contributed by atoms with Crippen LogP contribution in [0.2, 0.25) is 0 Å².